The molecule has 0 unspecified atom stereocenters. The minimum atomic E-state index is 0.105. The molecule has 0 atom stereocenters. The molecule has 1 aliphatic rings. The van der Waals surface area contributed by atoms with Crippen LogP contribution in [0.4, 0.5) is 0 Å². The Morgan fingerprint density at radius 1 is 1.23 bits per heavy atom. The van der Waals surface area contributed by atoms with Crippen LogP contribution in [0.5, 0.6) is 0 Å². The fraction of sp³-hybridized carbons (Fsp3) is 0.409. The second-order valence-electron chi connectivity index (χ2n) is 7.71. The van der Waals surface area contributed by atoms with Gasteiger partial charge in [0.15, 0.2) is 4.77 Å². The van der Waals surface area contributed by atoms with Gasteiger partial charge in [-0.3, -0.25) is 19.4 Å². The molecule has 1 N–H and O–H groups in total. The second-order valence-corrected chi connectivity index (χ2v) is 9.71. The van der Waals surface area contributed by atoms with E-state index >= 15 is 0 Å². The van der Waals surface area contributed by atoms with Crippen molar-refractivity contribution >= 4 is 41.1 Å². The highest BCUT2D eigenvalue weighted by Gasteiger charge is 2.22. The van der Waals surface area contributed by atoms with E-state index < -0.39 is 0 Å². The van der Waals surface area contributed by atoms with Crippen LogP contribution in [0.1, 0.15) is 24.0 Å². The van der Waals surface area contributed by atoms with Crippen molar-refractivity contribution < 1.29 is 4.79 Å². The number of carbonyl (C=O) groups excluding carboxylic acids is 1. The van der Waals surface area contributed by atoms with Crippen molar-refractivity contribution in [3.05, 3.63) is 56.9 Å². The number of piperazine rings is 1. The van der Waals surface area contributed by atoms with Crippen molar-refractivity contribution in [1.82, 2.24) is 24.6 Å². The summed E-state index contributed by atoms with van der Waals surface area (Å²) in [6.07, 6.45) is 1.78. The number of aryl methyl sites for hydroxylation is 1. The molecule has 0 aliphatic carbocycles. The summed E-state index contributed by atoms with van der Waals surface area (Å²) in [4.78, 5) is 19.7. The van der Waals surface area contributed by atoms with Crippen LogP contribution in [-0.2, 0) is 24.3 Å². The van der Waals surface area contributed by atoms with E-state index in [1.54, 1.807) is 11.3 Å². The summed E-state index contributed by atoms with van der Waals surface area (Å²) in [6.45, 7) is 6.47. The molecule has 1 saturated heterocycles. The van der Waals surface area contributed by atoms with E-state index in [4.69, 9.17) is 23.8 Å². The number of rotatable bonds is 7. The Bertz CT molecular complexity index is 1100. The quantitative estimate of drug-likeness (QED) is 0.506. The summed E-state index contributed by atoms with van der Waals surface area (Å²) in [5.74, 6) is 0.960. The van der Waals surface area contributed by atoms with Crippen molar-refractivity contribution in [3.8, 4) is 10.4 Å². The summed E-state index contributed by atoms with van der Waals surface area (Å²) < 4.78 is 2.35. The molecular weight excluding hydrogens is 450 g/mol. The molecular formula is C22H26ClN5OS2. The fourth-order valence-electron chi connectivity index (χ4n) is 3.80. The second kappa shape index (κ2) is 10.1. The largest absolute Gasteiger partial charge is 0.339 e. The van der Waals surface area contributed by atoms with Gasteiger partial charge >= 0.3 is 0 Å². The Kier molecular flexibility index (Phi) is 7.22. The number of nitrogens with zero attached hydrogens (tertiary/aromatic N) is 4. The van der Waals surface area contributed by atoms with Crippen LogP contribution in [0.25, 0.3) is 10.4 Å². The molecule has 1 amide bonds. The lowest BCUT2D eigenvalue weighted by Crippen LogP contribution is -2.49. The first kappa shape index (κ1) is 22.2. The Morgan fingerprint density at radius 3 is 2.77 bits per heavy atom. The number of hydrogen-bond donors (Lipinski definition) is 1. The van der Waals surface area contributed by atoms with E-state index in [1.807, 2.05) is 27.7 Å². The van der Waals surface area contributed by atoms with Crippen LogP contribution in [0.15, 0.2) is 36.4 Å². The zero-order valence-corrected chi connectivity index (χ0v) is 19.9. The molecule has 0 bridgehead atoms. The first-order valence-corrected chi connectivity index (χ1v) is 12.1. The maximum absolute atomic E-state index is 12.8. The van der Waals surface area contributed by atoms with Gasteiger partial charge < -0.3 is 4.90 Å². The highest BCUT2D eigenvalue weighted by molar-refractivity contribution is 7.71. The Hall–Kier alpha value is -2.00. The van der Waals surface area contributed by atoms with Gasteiger partial charge in [-0.15, -0.1) is 11.3 Å². The number of benzene rings is 1. The van der Waals surface area contributed by atoms with Crippen LogP contribution < -0.4 is 0 Å². The number of nitrogens with one attached hydrogen (secondary N) is 1. The molecule has 1 fully saturated rings. The predicted molar refractivity (Wildman–Crippen MR) is 128 cm³/mol. The number of halogens is 1. The molecule has 0 saturated carbocycles. The highest BCUT2D eigenvalue weighted by Crippen LogP contribution is 2.30. The van der Waals surface area contributed by atoms with E-state index in [1.165, 1.54) is 9.75 Å². The number of H-pyrrole nitrogens is 1. The van der Waals surface area contributed by atoms with Crippen LogP contribution in [0, 0.1) is 4.77 Å². The molecule has 9 heteroatoms. The molecule has 3 heterocycles. The number of carbonyl (C=O) groups is 1. The van der Waals surface area contributed by atoms with E-state index in [9.17, 15) is 4.79 Å². The summed E-state index contributed by atoms with van der Waals surface area (Å²) in [5.41, 5.74) is 1.15. The average molecular weight is 476 g/mol. The van der Waals surface area contributed by atoms with Gasteiger partial charge in [-0.05, 0) is 48.5 Å². The summed E-state index contributed by atoms with van der Waals surface area (Å²) in [7, 11) is 0. The third-order valence-corrected chi connectivity index (χ3v) is 7.15. The van der Waals surface area contributed by atoms with Gasteiger partial charge in [0.25, 0.3) is 0 Å². The first-order valence-electron chi connectivity index (χ1n) is 10.5. The van der Waals surface area contributed by atoms with Crippen molar-refractivity contribution in [2.75, 3.05) is 26.2 Å². The molecule has 1 aromatic carbocycles. The van der Waals surface area contributed by atoms with Gasteiger partial charge in [-0.1, -0.05) is 30.7 Å². The van der Waals surface area contributed by atoms with E-state index in [0.29, 0.717) is 4.77 Å². The molecule has 0 radical (unpaired) electrons. The molecule has 0 spiro atoms. The summed E-state index contributed by atoms with van der Waals surface area (Å²) >= 11 is 13.2. The number of aromatic nitrogens is 3. The molecule has 31 heavy (non-hydrogen) atoms. The molecule has 2 aromatic heterocycles. The maximum Gasteiger partial charge on any atom is 0.242 e. The average Bonchev–Trinajstić information content (AvgIpc) is 3.37. The Labute approximate surface area is 196 Å². The van der Waals surface area contributed by atoms with Crippen LogP contribution in [0.3, 0.4) is 0 Å². The predicted octanol–water partition coefficient (Wildman–Crippen LogP) is 4.62. The van der Waals surface area contributed by atoms with Gasteiger partial charge in [0.2, 0.25) is 5.91 Å². The van der Waals surface area contributed by atoms with Gasteiger partial charge in [-0.2, -0.15) is 5.10 Å². The van der Waals surface area contributed by atoms with Crippen LogP contribution in [0.2, 0.25) is 5.02 Å². The lowest BCUT2D eigenvalue weighted by Gasteiger charge is -2.34. The molecule has 1 aliphatic heterocycles. The lowest BCUT2D eigenvalue weighted by molar-refractivity contribution is -0.133. The third kappa shape index (κ3) is 5.44. The minimum absolute atomic E-state index is 0.105. The van der Waals surface area contributed by atoms with Crippen molar-refractivity contribution in [2.24, 2.45) is 0 Å². The van der Waals surface area contributed by atoms with E-state index in [0.717, 1.165) is 62.0 Å². The normalized spacial score (nSPS) is 14.8. The smallest absolute Gasteiger partial charge is 0.242 e. The molecule has 164 valence electrons. The zero-order chi connectivity index (χ0) is 21.8. The highest BCUT2D eigenvalue weighted by atomic mass is 35.5. The van der Waals surface area contributed by atoms with Gasteiger partial charge in [0, 0.05) is 53.9 Å². The van der Waals surface area contributed by atoms with E-state index in [-0.39, 0.29) is 12.5 Å². The molecule has 3 aromatic rings. The first-order chi connectivity index (χ1) is 15.0. The molecule has 4 rings (SSSR count). The van der Waals surface area contributed by atoms with Crippen molar-refractivity contribution in [3.63, 3.8) is 0 Å². The van der Waals surface area contributed by atoms with Gasteiger partial charge in [0.05, 0.1) is 0 Å². The van der Waals surface area contributed by atoms with Crippen molar-refractivity contribution in [2.45, 2.75) is 32.9 Å². The number of amides is 1. The topological polar surface area (TPSA) is 57.2 Å². The monoisotopic (exact) mass is 475 g/mol. The standard InChI is InChI=1S/C22H26ClN5OS2/c1-2-4-20-24-25-22(30)28(20)15-21(29)27-11-9-26(10-12-27)14-18-7-8-19(31-18)16-5-3-6-17(23)13-16/h3,5-8,13H,2,4,9-12,14-15H2,1H3,(H,25,30). The third-order valence-electron chi connectivity index (χ3n) is 5.48. The maximum atomic E-state index is 12.8. The summed E-state index contributed by atoms with van der Waals surface area (Å²) in [6, 6.07) is 12.3. The van der Waals surface area contributed by atoms with Crippen molar-refractivity contribution in [1.29, 1.82) is 0 Å². The van der Waals surface area contributed by atoms with Gasteiger partial charge in [-0.25, -0.2) is 0 Å². The van der Waals surface area contributed by atoms with E-state index in [2.05, 4.69) is 40.2 Å². The Morgan fingerprint density at radius 2 is 2.03 bits per heavy atom. The number of hydrogen-bond acceptors (Lipinski definition) is 5. The van der Waals surface area contributed by atoms with Crippen LogP contribution >= 0.6 is 35.2 Å². The summed E-state index contributed by atoms with van der Waals surface area (Å²) in [5, 5.41) is 7.82. The minimum Gasteiger partial charge on any atom is -0.339 e. The zero-order valence-electron chi connectivity index (χ0n) is 17.5. The fourth-order valence-corrected chi connectivity index (χ4v) is 5.25. The van der Waals surface area contributed by atoms with Gasteiger partial charge in [0.1, 0.15) is 12.4 Å². The molecule has 6 nitrogen and oxygen atoms in total. The Balaban J connectivity index is 1.31. The number of aromatic amines is 1. The number of thiophene rings is 1. The van der Waals surface area contributed by atoms with Crippen LogP contribution in [-0.4, -0.2) is 56.7 Å². The SMILES string of the molecule is CCCc1n[nH]c(=S)n1CC(=O)N1CCN(Cc2ccc(-c3cccc(Cl)c3)s2)CC1. The lowest BCUT2D eigenvalue weighted by atomic mass is 10.2.